The topological polar surface area (TPSA) is 30.7 Å². The first-order valence-electron chi connectivity index (χ1n) is 1.87. The van der Waals surface area contributed by atoms with Crippen LogP contribution in [0.2, 0.25) is 0 Å². The summed E-state index contributed by atoms with van der Waals surface area (Å²) in [4.78, 5) is 0. The quantitative estimate of drug-likeness (QED) is 0.536. The van der Waals surface area contributed by atoms with Gasteiger partial charge in [0.05, 0.1) is 6.20 Å². The number of halogens is 2. The Morgan fingerprint density at radius 2 is 2.38 bits per heavy atom. The molecule has 1 heterocycles. The highest BCUT2D eigenvalue weighted by atomic mass is 19.3. The molecule has 0 unspecified atom stereocenters. The molecule has 0 aliphatic carbocycles. The van der Waals surface area contributed by atoms with Crippen molar-refractivity contribution in [2.75, 3.05) is 0 Å². The minimum absolute atomic E-state index is 0.347. The van der Waals surface area contributed by atoms with Gasteiger partial charge in [-0.25, -0.2) is 0 Å². The van der Waals surface area contributed by atoms with Gasteiger partial charge in [0.2, 0.25) is 0 Å². The summed E-state index contributed by atoms with van der Waals surface area (Å²) in [5.41, 5.74) is 0. The fraction of sp³-hybridized carbons (Fsp3) is 0.333. The molecule has 0 fully saturated rings. The second-order valence-electron chi connectivity index (χ2n) is 1.09. The van der Waals surface area contributed by atoms with E-state index in [1.165, 1.54) is 0 Å². The maximum atomic E-state index is 11.4. The van der Waals surface area contributed by atoms with Crippen molar-refractivity contribution in [3.8, 4) is 0 Å². The summed E-state index contributed by atoms with van der Waals surface area (Å²) < 4.78 is 23.2. The van der Waals surface area contributed by atoms with E-state index in [2.05, 4.69) is 16.5 Å². The molecule has 0 aromatic carbocycles. The number of nitrogens with zero attached hydrogens (tertiary/aromatic N) is 3. The second kappa shape index (κ2) is 1.85. The molecule has 3 nitrogen and oxygen atoms in total. The van der Waals surface area contributed by atoms with Crippen molar-refractivity contribution in [2.24, 2.45) is 0 Å². The Morgan fingerprint density at radius 1 is 1.62 bits per heavy atom. The number of hydrogen-bond acceptors (Lipinski definition) is 2. The number of alkyl halides is 2. The zero-order chi connectivity index (χ0) is 5.98. The van der Waals surface area contributed by atoms with Crippen LogP contribution < -0.4 is 0 Å². The highest BCUT2D eigenvalue weighted by Gasteiger charge is 2.03. The van der Waals surface area contributed by atoms with Gasteiger partial charge in [-0.15, -0.1) is 5.10 Å². The number of rotatable bonds is 1. The molecule has 43 valence electrons. The molecule has 0 aliphatic heterocycles. The lowest BCUT2D eigenvalue weighted by Crippen LogP contribution is -1.98. The third-order valence-corrected chi connectivity index (χ3v) is 0.581. The average Bonchev–Trinajstić information content (AvgIpc) is 2.12. The van der Waals surface area contributed by atoms with E-state index in [4.69, 9.17) is 0 Å². The molecule has 1 radical (unpaired) electrons. The third kappa shape index (κ3) is 0.800. The molecule has 1 aromatic heterocycles. The van der Waals surface area contributed by atoms with E-state index in [0.717, 1.165) is 6.20 Å². The van der Waals surface area contributed by atoms with Crippen LogP contribution in [0.5, 0.6) is 0 Å². The van der Waals surface area contributed by atoms with Crippen LogP contribution in [0.15, 0.2) is 6.20 Å². The van der Waals surface area contributed by atoms with E-state index >= 15 is 0 Å². The van der Waals surface area contributed by atoms with E-state index in [1.807, 2.05) is 0 Å². The fourth-order valence-electron chi connectivity index (χ4n) is 0.288. The van der Waals surface area contributed by atoms with Crippen molar-refractivity contribution in [3.63, 3.8) is 0 Å². The van der Waals surface area contributed by atoms with Crippen molar-refractivity contribution in [1.29, 1.82) is 0 Å². The van der Waals surface area contributed by atoms with E-state index in [-0.39, 0.29) is 0 Å². The zero-order valence-corrected chi connectivity index (χ0v) is 3.75. The second-order valence-corrected chi connectivity index (χ2v) is 1.09. The molecule has 0 aliphatic rings. The van der Waals surface area contributed by atoms with Gasteiger partial charge in [-0.2, -0.15) is 13.5 Å². The Kier molecular flexibility index (Phi) is 1.19. The van der Waals surface area contributed by atoms with Crippen molar-refractivity contribution >= 4 is 0 Å². The molecule has 0 saturated heterocycles. The molecule has 8 heavy (non-hydrogen) atoms. The van der Waals surface area contributed by atoms with Crippen LogP contribution in [-0.4, -0.2) is 15.0 Å². The molecule has 0 saturated carbocycles. The normalized spacial score (nSPS) is 10.4. The SMILES string of the molecule is FC(F)n1[c]cnn1. The first-order valence-corrected chi connectivity index (χ1v) is 1.87. The average molecular weight is 118 g/mol. The van der Waals surface area contributed by atoms with Crippen LogP contribution in [0, 0.1) is 6.20 Å². The summed E-state index contributed by atoms with van der Waals surface area (Å²) >= 11 is 0. The van der Waals surface area contributed by atoms with E-state index in [0.29, 0.717) is 4.68 Å². The van der Waals surface area contributed by atoms with Crippen molar-refractivity contribution < 1.29 is 8.78 Å². The molecular weight excluding hydrogens is 116 g/mol. The Bertz CT molecular complexity index is 148. The Morgan fingerprint density at radius 3 is 2.62 bits per heavy atom. The lowest BCUT2D eigenvalue weighted by atomic mass is 10.9. The van der Waals surface area contributed by atoms with E-state index in [9.17, 15) is 8.78 Å². The van der Waals surface area contributed by atoms with Crippen LogP contribution >= 0.6 is 0 Å². The van der Waals surface area contributed by atoms with Crippen LogP contribution in [0.4, 0.5) is 8.78 Å². The summed E-state index contributed by atoms with van der Waals surface area (Å²) in [5, 5.41) is 6.10. The first kappa shape index (κ1) is 5.14. The summed E-state index contributed by atoms with van der Waals surface area (Å²) in [6, 6.07) is 0. The highest BCUT2D eigenvalue weighted by molar-refractivity contribution is 4.59. The Hall–Kier alpha value is -1.00. The van der Waals surface area contributed by atoms with Gasteiger partial charge in [0.1, 0.15) is 6.20 Å². The Labute approximate surface area is 43.9 Å². The van der Waals surface area contributed by atoms with Gasteiger partial charge >= 0.3 is 6.55 Å². The van der Waals surface area contributed by atoms with Gasteiger partial charge in [-0.05, 0) is 0 Å². The predicted molar refractivity (Wildman–Crippen MR) is 20.1 cm³/mol. The molecule has 1 aromatic rings. The van der Waals surface area contributed by atoms with E-state index in [1.54, 1.807) is 0 Å². The van der Waals surface area contributed by atoms with Crippen molar-refractivity contribution in [1.82, 2.24) is 15.0 Å². The number of aromatic nitrogens is 3. The lowest BCUT2D eigenvalue weighted by molar-refractivity contribution is 0.0537. The number of hydrogen-bond donors (Lipinski definition) is 0. The minimum atomic E-state index is -2.63. The lowest BCUT2D eigenvalue weighted by Gasteiger charge is -1.90. The molecule has 5 heteroatoms. The molecule has 0 amide bonds. The molecule has 0 atom stereocenters. The maximum Gasteiger partial charge on any atom is 0.335 e. The van der Waals surface area contributed by atoms with E-state index < -0.39 is 6.55 Å². The zero-order valence-electron chi connectivity index (χ0n) is 3.75. The third-order valence-electron chi connectivity index (χ3n) is 0.581. The maximum absolute atomic E-state index is 11.4. The van der Waals surface area contributed by atoms with Gasteiger partial charge in [0.25, 0.3) is 0 Å². The van der Waals surface area contributed by atoms with Gasteiger partial charge in [-0.1, -0.05) is 5.21 Å². The minimum Gasteiger partial charge on any atom is -0.184 e. The van der Waals surface area contributed by atoms with Crippen LogP contribution in [0.3, 0.4) is 0 Å². The van der Waals surface area contributed by atoms with Gasteiger partial charge in [-0.3, -0.25) is 0 Å². The molecule has 1 rings (SSSR count). The summed E-state index contributed by atoms with van der Waals surface area (Å²) in [5.74, 6) is 0. The fourth-order valence-corrected chi connectivity index (χ4v) is 0.288. The van der Waals surface area contributed by atoms with Crippen molar-refractivity contribution in [3.05, 3.63) is 12.4 Å². The highest BCUT2D eigenvalue weighted by Crippen LogP contribution is 2.03. The van der Waals surface area contributed by atoms with Gasteiger partial charge in [0, 0.05) is 0 Å². The van der Waals surface area contributed by atoms with Gasteiger partial charge in [0.15, 0.2) is 0 Å². The largest absolute Gasteiger partial charge is 0.335 e. The molecule has 0 spiro atoms. The predicted octanol–water partition coefficient (Wildman–Crippen LogP) is 0.473. The molecule has 0 bridgehead atoms. The van der Waals surface area contributed by atoms with Crippen molar-refractivity contribution in [2.45, 2.75) is 6.55 Å². The smallest absolute Gasteiger partial charge is 0.184 e. The summed E-state index contributed by atoms with van der Waals surface area (Å²) in [6.45, 7) is -2.63. The van der Waals surface area contributed by atoms with Crippen LogP contribution in [0.25, 0.3) is 0 Å². The summed E-state index contributed by atoms with van der Waals surface area (Å²) in [7, 11) is 0. The molecular formula is C3H2F2N3. The standard InChI is InChI=1S/C3H2F2N3/c4-3(5)8-2-1-6-7-8/h1,3H. The van der Waals surface area contributed by atoms with Crippen LogP contribution in [0.1, 0.15) is 6.55 Å². The van der Waals surface area contributed by atoms with Crippen LogP contribution in [-0.2, 0) is 0 Å². The van der Waals surface area contributed by atoms with Gasteiger partial charge < -0.3 is 0 Å². The summed E-state index contributed by atoms with van der Waals surface area (Å²) in [6.07, 6.45) is 3.16. The first-order chi connectivity index (χ1) is 3.80. The Balaban J connectivity index is 2.77. The monoisotopic (exact) mass is 118 g/mol. The molecule has 0 N–H and O–H groups in total.